The van der Waals surface area contributed by atoms with E-state index in [1.807, 2.05) is 0 Å². The fraction of sp³-hybridized carbons (Fsp3) is 0.235. The number of nitrogens with zero attached hydrogens (tertiary/aromatic N) is 3. The highest BCUT2D eigenvalue weighted by Gasteiger charge is 2.33. The second-order valence-electron chi connectivity index (χ2n) is 5.52. The molecule has 0 aliphatic carbocycles. The molecular formula is C17H14FN3O4. The van der Waals surface area contributed by atoms with Crippen LogP contribution in [0.15, 0.2) is 51.7 Å². The fourth-order valence-electron chi connectivity index (χ4n) is 2.79. The van der Waals surface area contributed by atoms with Gasteiger partial charge in [-0.05, 0) is 24.3 Å². The normalized spacial score (nSPS) is 17.6. The van der Waals surface area contributed by atoms with Gasteiger partial charge in [0.2, 0.25) is 6.39 Å². The number of rotatable bonds is 3. The Balaban J connectivity index is 1.61. The molecule has 2 aromatic heterocycles. The van der Waals surface area contributed by atoms with Crippen LogP contribution in [0.3, 0.4) is 0 Å². The maximum atomic E-state index is 13.9. The van der Waals surface area contributed by atoms with Gasteiger partial charge >= 0.3 is 0 Å². The Morgan fingerprint density at radius 1 is 1.24 bits per heavy atom. The second-order valence-corrected chi connectivity index (χ2v) is 5.52. The van der Waals surface area contributed by atoms with Gasteiger partial charge in [0, 0.05) is 6.54 Å². The minimum absolute atomic E-state index is 0.119. The summed E-state index contributed by atoms with van der Waals surface area (Å²) in [5.41, 5.74) is 0.304. The standard InChI is InChI=1S/C17H14FN3O4/c18-12-4-2-1-3-11(12)14-5-6-15(25-14)17(22)21-7-8-23-9-13(21)16-19-10-24-20-16/h1-6,10,13H,7-9H2/t13-/m1/s1. The van der Waals surface area contributed by atoms with Crippen LogP contribution in [0.5, 0.6) is 0 Å². The predicted molar refractivity (Wildman–Crippen MR) is 83.0 cm³/mol. The van der Waals surface area contributed by atoms with Crippen molar-refractivity contribution >= 4 is 5.91 Å². The van der Waals surface area contributed by atoms with Crippen molar-refractivity contribution in [3.63, 3.8) is 0 Å². The molecule has 3 aromatic rings. The first kappa shape index (κ1) is 15.5. The number of hydrogen-bond acceptors (Lipinski definition) is 6. The monoisotopic (exact) mass is 343 g/mol. The highest BCUT2D eigenvalue weighted by Crippen LogP contribution is 2.28. The van der Waals surface area contributed by atoms with Crippen LogP contribution >= 0.6 is 0 Å². The van der Waals surface area contributed by atoms with Gasteiger partial charge in [0.25, 0.3) is 5.91 Å². The summed E-state index contributed by atoms with van der Waals surface area (Å²) in [7, 11) is 0. The molecule has 1 fully saturated rings. The van der Waals surface area contributed by atoms with Crippen LogP contribution in [0, 0.1) is 5.82 Å². The lowest BCUT2D eigenvalue weighted by molar-refractivity contribution is -0.00724. The maximum absolute atomic E-state index is 13.9. The number of amides is 1. The lowest BCUT2D eigenvalue weighted by Crippen LogP contribution is -2.43. The summed E-state index contributed by atoms with van der Waals surface area (Å²) in [4.78, 5) is 18.4. The smallest absolute Gasteiger partial charge is 0.290 e. The van der Waals surface area contributed by atoms with E-state index in [-0.39, 0.29) is 18.3 Å². The van der Waals surface area contributed by atoms with Gasteiger partial charge in [-0.15, -0.1) is 0 Å². The first-order chi connectivity index (χ1) is 12.2. The minimum atomic E-state index is -0.456. The molecule has 3 heterocycles. The fourth-order valence-corrected chi connectivity index (χ4v) is 2.79. The van der Waals surface area contributed by atoms with Crippen molar-refractivity contribution in [1.82, 2.24) is 15.0 Å². The molecule has 7 nitrogen and oxygen atoms in total. The summed E-state index contributed by atoms with van der Waals surface area (Å²) in [5.74, 6) is 0.0426. The topological polar surface area (TPSA) is 81.6 Å². The second kappa shape index (κ2) is 6.48. The third-order valence-corrected chi connectivity index (χ3v) is 4.02. The molecule has 4 rings (SSSR count). The highest BCUT2D eigenvalue weighted by molar-refractivity contribution is 5.92. The van der Waals surface area contributed by atoms with Crippen molar-refractivity contribution < 1.29 is 22.9 Å². The van der Waals surface area contributed by atoms with E-state index in [2.05, 4.69) is 10.1 Å². The number of morpholine rings is 1. The van der Waals surface area contributed by atoms with Gasteiger partial charge < -0.3 is 18.6 Å². The zero-order valence-electron chi connectivity index (χ0n) is 13.1. The van der Waals surface area contributed by atoms with Crippen LogP contribution < -0.4 is 0 Å². The van der Waals surface area contributed by atoms with Crippen molar-refractivity contribution in [2.45, 2.75) is 6.04 Å². The lowest BCUT2D eigenvalue weighted by Gasteiger charge is -2.32. The summed E-state index contributed by atoms with van der Waals surface area (Å²) in [6, 6.07) is 8.89. The molecule has 1 aliphatic rings. The molecule has 1 aliphatic heterocycles. The molecule has 128 valence electrons. The van der Waals surface area contributed by atoms with Crippen molar-refractivity contribution in [2.24, 2.45) is 0 Å². The van der Waals surface area contributed by atoms with E-state index in [1.165, 1.54) is 18.5 Å². The zero-order valence-corrected chi connectivity index (χ0v) is 13.1. The molecule has 0 saturated carbocycles. The molecule has 0 N–H and O–H groups in total. The quantitative estimate of drug-likeness (QED) is 0.727. The van der Waals surface area contributed by atoms with Gasteiger partial charge in [-0.3, -0.25) is 4.79 Å². The summed E-state index contributed by atoms with van der Waals surface area (Å²) in [6.07, 6.45) is 1.20. The average Bonchev–Trinajstić information content (AvgIpc) is 3.34. The number of furan rings is 1. The van der Waals surface area contributed by atoms with E-state index < -0.39 is 11.9 Å². The van der Waals surface area contributed by atoms with Crippen LogP contribution in [0.2, 0.25) is 0 Å². The van der Waals surface area contributed by atoms with Gasteiger partial charge in [-0.2, -0.15) is 4.98 Å². The minimum Gasteiger partial charge on any atom is -0.451 e. The third kappa shape index (κ3) is 2.91. The molecule has 0 radical (unpaired) electrons. The van der Waals surface area contributed by atoms with Gasteiger partial charge in [0.1, 0.15) is 17.6 Å². The van der Waals surface area contributed by atoms with E-state index in [4.69, 9.17) is 13.7 Å². The Bertz CT molecular complexity index is 878. The van der Waals surface area contributed by atoms with Gasteiger partial charge in [0.05, 0.1) is 18.8 Å². The van der Waals surface area contributed by atoms with Crippen LogP contribution in [0.25, 0.3) is 11.3 Å². The van der Waals surface area contributed by atoms with Crippen molar-refractivity contribution in [3.8, 4) is 11.3 Å². The number of carbonyl (C=O) groups excluding carboxylic acids is 1. The Morgan fingerprint density at radius 3 is 2.92 bits per heavy atom. The molecule has 1 amide bonds. The molecule has 1 saturated heterocycles. The molecule has 1 atom stereocenters. The van der Waals surface area contributed by atoms with Crippen LogP contribution in [-0.4, -0.2) is 40.7 Å². The van der Waals surface area contributed by atoms with E-state index in [9.17, 15) is 9.18 Å². The Labute approximate surface area is 142 Å². The summed E-state index contributed by atoms with van der Waals surface area (Å²) >= 11 is 0. The van der Waals surface area contributed by atoms with Gasteiger partial charge in [-0.1, -0.05) is 17.3 Å². The third-order valence-electron chi connectivity index (χ3n) is 4.02. The van der Waals surface area contributed by atoms with Crippen molar-refractivity contribution in [2.75, 3.05) is 19.8 Å². The van der Waals surface area contributed by atoms with E-state index in [0.717, 1.165) is 0 Å². The zero-order chi connectivity index (χ0) is 17.2. The maximum Gasteiger partial charge on any atom is 0.290 e. The van der Waals surface area contributed by atoms with Gasteiger partial charge in [-0.25, -0.2) is 4.39 Å². The summed E-state index contributed by atoms with van der Waals surface area (Å²) in [5, 5.41) is 3.79. The molecule has 0 spiro atoms. The van der Waals surface area contributed by atoms with Gasteiger partial charge in [0.15, 0.2) is 11.6 Å². The largest absolute Gasteiger partial charge is 0.451 e. The number of hydrogen-bond donors (Lipinski definition) is 0. The Kier molecular flexibility index (Phi) is 4.02. The number of ether oxygens (including phenoxy) is 1. The lowest BCUT2D eigenvalue weighted by atomic mass is 10.1. The van der Waals surface area contributed by atoms with Crippen LogP contribution in [0.1, 0.15) is 22.4 Å². The van der Waals surface area contributed by atoms with E-state index in [0.29, 0.717) is 30.3 Å². The van der Waals surface area contributed by atoms with Crippen LogP contribution in [-0.2, 0) is 4.74 Å². The molecular weight excluding hydrogens is 329 g/mol. The van der Waals surface area contributed by atoms with Crippen molar-refractivity contribution in [3.05, 3.63) is 60.2 Å². The first-order valence-corrected chi connectivity index (χ1v) is 7.74. The number of aromatic nitrogens is 2. The molecule has 25 heavy (non-hydrogen) atoms. The molecule has 0 bridgehead atoms. The van der Waals surface area contributed by atoms with Crippen molar-refractivity contribution in [1.29, 1.82) is 0 Å². The molecule has 8 heteroatoms. The highest BCUT2D eigenvalue weighted by atomic mass is 19.1. The first-order valence-electron chi connectivity index (χ1n) is 7.74. The Hall–Kier alpha value is -3.00. The summed E-state index contributed by atoms with van der Waals surface area (Å²) in [6.45, 7) is 1.04. The molecule has 1 aromatic carbocycles. The van der Waals surface area contributed by atoms with Crippen LogP contribution in [0.4, 0.5) is 4.39 Å². The Morgan fingerprint density at radius 2 is 2.12 bits per heavy atom. The summed E-state index contributed by atoms with van der Waals surface area (Å²) < 4.78 is 29.7. The number of halogens is 1. The predicted octanol–water partition coefficient (Wildman–Crippen LogP) is 2.68. The number of carbonyl (C=O) groups is 1. The SMILES string of the molecule is O=C(c1ccc(-c2ccccc2F)o1)N1CCOC[C@@H]1c1ncon1. The number of benzene rings is 1. The van der Waals surface area contributed by atoms with E-state index in [1.54, 1.807) is 29.2 Å². The van der Waals surface area contributed by atoms with E-state index >= 15 is 0 Å². The molecule has 0 unspecified atom stereocenters. The average molecular weight is 343 g/mol.